The smallest absolute Gasteiger partial charge is 0.0705 e. The number of benzene rings is 1. The molecule has 2 N–H and O–H groups in total. The van der Waals surface area contributed by atoms with Crippen molar-refractivity contribution in [2.24, 2.45) is 5.73 Å². The second-order valence-corrected chi connectivity index (χ2v) is 4.89. The first kappa shape index (κ1) is 13.0. The van der Waals surface area contributed by atoms with Crippen LogP contribution in [0.25, 0.3) is 10.9 Å². The van der Waals surface area contributed by atoms with E-state index in [0.717, 1.165) is 22.2 Å². The van der Waals surface area contributed by atoms with E-state index >= 15 is 0 Å². The van der Waals surface area contributed by atoms with Gasteiger partial charge in [0, 0.05) is 11.1 Å². The van der Waals surface area contributed by atoms with Gasteiger partial charge in [0.05, 0.1) is 24.3 Å². The standard InChI is InChI=1S/C15H20N2O/c1-10(2)18-9-14(16)12-6-7-15-13(8-12)5-4-11(3)17-15/h4-8,10,14H,9,16H2,1-3H3. The van der Waals surface area contributed by atoms with Gasteiger partial charge in [-0.2, -0.15) is 0 Å². The van der Waals surface area contributed by atoms with Crippen LogP contribution in [0.1, 0.15) is 31.1 Å². The predicted octanol–water partition coefficient (Wildman–Crippen LogP) is 2.97. The molecule has 0 fully saturated rings. The van der Waals surface area contributed by atoms with E-state index in [2.05, 4.69) is 17.1 Å². The molecule has 96 valence electrons. The van der Waals surface area contributed by atoms with Gasteiger partial charge >= 0.3 is 0 Å². The van der Waals surface area contributed by atoms with Crippen LogP contribution >= 0.6 is 0 Å². The lowest BCUT2D eigenvalue weighted by Gasteiger charge is -2.15. The fourth-order valence-corrected chi connectivity index (χ4v) is 1.87. The zero-order valence-corrected chi connectivity index (χ0v) is 11.2. The topological polar surface area (TPSA) is 48.1 Å². The van der Waals surface area contributed by atoms with E-state index in [1.165, 1.54) is 0 Å². The Balaban J connectivity index is 2.21. The van der Waals surface area contributed by atoms with Crippen molar-refractivity contribution < 1.29 is 4.74 Å². The minimum Gasteiger partial charge on any atom is -0.377 e. The SMILES string of the molecule is Cc1ccc2cc(C(N)COC(C)C)ccc2n1. The highest BCUT2D eigenvalue weighted by Gasteiger charge is 2.08. The number of aryl methyl sites for hydroxylation is 1. The van der Waals surface area contributed by atoms with E-state index < -0.39 is 0 Å². The van der Waals surface area contributed by atoms with Crippen molar-refractivity contribution in [2.45, 2.75) is 32.9 Å². The van der Waals surface area contributed by atoms with Crippen molar-refractivity contribution in [1.82, 2.24) is 4.98 Å². The number of fused-ring (bicyclic) bond motifs is 1. The van der Waals surface area contributed by atoms with Crippen molar-refractivity contribution in [2.75, 3.05) is 6.61 Å². The average molecular weight is 244 g/mol. The van der Waals surface area contributed by atoms with Gasteiger partial charge in [0.15, 0.2) is 0 Å². The molecule has 0 saturated carbocycles. The molecule has 18 heavy (non-hydrogen) atoms. The number of rotatable bonds is 4. The molecule has 0 aliphatic heterocycles. The highest BCUT2D eigenvalue weighted by molar-refractivity contribution is 5.79. The Hall–Kier alpha value is -1.45. The number of ether oxygens (including phenoxy) is 1. The first-order valence-corrected chi connectivity index (χ1v) is 6.31. The summed E-state index contributed by atoms with van der Waals surface area (Å²) < 4.78 is 5.55. The molecule has 0 spiro atoms. The Labute approximate surface area is 108 Å². The van der Waals surface area contributed by atoms with Crippen LogP contribution in [0.5, 0.6) is 0 Å². The Morgan fingerprint density at radius 3 is 2.72 bits per heavy atom. The van der Waals surface area contributed by atoms with Crippen LogP contribution in [0.15, 0.2) is 30.3 Å². The number of hydrogen-bond acceptors (Lipinski definition) is 3. The predicted molar refractivity (Wildman–Crippen MR) is 74.5 cm³/mol. The van der Waals surface area contributed by atoms with Crippen LogP contribution in [0, 0.1) is 6.92 Å². The molecule has 1 atom stereocenters. The fourth-order valence-electron chi connectivity index (χ4n) is 1.87. The molecule has 0 saturated heterocycles. The van der Waals surface area contributed by atoms with Gasteiger partial charge in [-0.05, 0) is 44.5 Å². The summed E-state index contributed by atoms with van der Waals surface area (Å²) in [6, 6.07) is 10.2. The van der Waals surface area contributed by atoms with Gasteiger partial charge < -0.3 is 10.5 Å². The van der Waals surface area contributed by atoms with Gasteiger partial charge in [-0.15, -0.1) is 0 Å². The van der Waals surface area contributed by atoms with E-state index in [1.807, 2.05) is 39.0 Å². The summed E-state index contributed by atoms with van der Waals surface area (Å²) in [5.41, 5.74) is 9.25. The van der Waals surface area contributed by atoms with E-state index in [9.17, 15) is 0 Å². The lowest BCUT2D eigenvalue weighted by molar-refractivity contribution is 0.0683. The molecular formula is C15H20N2O. The first-order chi connectivity index (χ1) is 8.56. The molecule has 1 aromatic carbocycles. The first-order valence-electron chi connectivity index (χ1n) is 6.31. The van der Waals surface area contributed by atoms with E-state index in [4.69, 9.17) is 10.5 Å². The lowest BCUT2D eigenvalue weighted by Crippen LogP contribution is -2.19. The molecular weight excluding hydrogens is 224 g/mol. The van der Waals surface area contributed by atoms with Crippen molar-refractivity contribution >= 4 is 10.9 Å². The van der Waals surface area contributed by atoms with Gasteiger partial charge in [0.1, 0.15) is 0 Å². The third-order valence-electron chi connectivity index (χ3n) is 2.89. The van der Waals surface area contributed by atoms with E-state index in [-0.39, 0.29) is 12.1 Å². The molecule has 0 aliphatic rings. The van der Waals surface area contributed by atoms with Gasteiger partial charge in [0.25, 0.3) is 0 Å². The van der Waals surface area contributed by atoms with Crippen LogP contribution in [-0.2, 0) is 4.74 Å². The quantitative estimate of drug-likeness (QED) is 0.899. The van der Waals surface area contributed by atoms with Gasteiger partial charge in [0.2, 0.25) is 0 Å². The summed E-state index contributed by atoms with van der Waals surface area (Å²) in [7, 11) is 0. The van der Waals surface area contributed by atoms with Crippen LogP contribution < -0.4 is 5.73 Å². The fraction of sp³-hybridized carbons (Fsp3) is 0.400. The molecule has 0 amide bonds. The Kier molecular flexibility index (Phi) is 3.94. The summed E-state index contributed by atoms with van der Waals surface area (Å²) in [5.74, 6) is 0. The molecule has 1 heterocycles. The van der Waals surface area contributed by atoms with E-state index in [0.29, 0.717) is 6.61 Å². The van der Waals surface area contributed by atoms with Crippen LogP contribution in [0.2, 0.25) is 0 Å². The Morgan fingerprint density at radius 2 is 2.00 bits per heavy atom. The molecule has 0 aliphatic carbocycles. The Morgan fingerprint density at radius 1 is 1.22 bits per heavy atom. The van der Waals surface area contributed by atoms with Crippen LogP contribution in [0.3, 0.4) is 0 Å². The molecule has 0 radical (unpaired) electrons. The lowest BCUT2D eigenvalue weighted by atomic mass is 10.1. The summed E-state index contributed by atoms with van der Waals surface area (Å²) in [4.78, 5) is 4.48. The van der Waals surface area contributed by atoms with Gasteiger partial charge in [-0.25, -0.2) is 0 Å². The summed E-state index contributed by atoms with van der Waals surface area (Å²) >= 11 is 0. The third-order valence-corrected chi connectivity index (χ3v) is 2.89. The van der Waals surface area contributed by atoms with Crippen molar-refractivity contribution in [1.29, 1.82) is 0 Å². The van der Waals surface area contributed by atoms with Gasteiger partial charge in [-0.3, -0.25) is 4.98 Å². The molecule has 0 bridgehead atoms. The number of nitrogens with zero attached hydrogens (tertiary/aromatic N) is 1. The number of hydrogen-bond donors (Lipinski definition) is 1. The summed E-state index contributed by atoms with van der Waals surface area (Å²) in [5, 5.41) is 1.12. The summed E-state index contributed by atoms with van der Waals surface area (Å²) in [6.07, 6.45) is 0.209. The number of nitrogens with two attached hydrogens (primary N) is 1. The Bertz CT molecular complexity index is 537. The molecule has 1 unspecified atom stereocenters. The van der Waals surface area contributed by atoms with Crippen molar-refractivity contribution in [3.05, 3.63) is 41.6 Å². The highest BCUT2D eigenvalue weighted by atomic mass is 16.5. The average Bonchev–Trinajstić information content (AvgIpc) is 2.35. The second-order valence-electron chi connectivity index (χ2n) is 4.89. The highest BCUT2D eigenvalue weighted by Crippen LogP contribution is 2.19. The summed E-state index contributed by atoms with van der Waals surface area (Å²) in [6.45, 7) is 6.57. The minimum absolute atomic E-state index is 0.0851. The third kappa shape index (κ3) is 3.06. The zero-order valence-electron chi connectivity index (χ0n) is 11.2. The largest absolute Gasteiger partial charge is 0.377 e. The maximum Gasteiger partial charge on any atom is 0.0705 e. The number of pyridine rings is 1. The van der Waals surface area contributed by atoms with Crippen LogP contribution in [0.4, 0.5) is 0 Å². The molecule has 3 heteroatoms. The maximum atomic E-state index is 6.12. The minimum atomic E-state index is -0.0851. The molecule has 2 aromatic rings. The van der Waals surface area contributed by atoms with Crippen molar-refractivity contribution in [3.63, 3.8) is 0 Å². The zero-order chi connectivity index (χ0) is 13.1. The van der Waals surface area contributed by atoms with Gasteiger partial charge in [-0.1, -0.05) is 12.1 Å². The van der Waals surface area contributed by atoms with Crippen LogP contribution in [-0.4, -0.2) is 17.7 Å². The molecule has 2 rings (SSSR count). The normalized spacial score (nSPS) is 13.2. The second kappa shape index (κ2) is 5.46. The maximum absolute atomic E-state index is 6.12. The monoisotopic (exact) mass is 244 g/mol. The van der Waals surface area contributed by atoms with E-state index in [1.54, 1.807) is 0 Å². The van der Waals surface area contributed by atoms with Crippen molar-refractivity contribution in [3.8, 4) is 0 Å². The number of aromatic nitrogens is 1. The molecule has 3 nitrogen and oxygen atoms in total. The molecule has 1 aromatic heterocycles.